The van der Waals surface area contributed by atoms with Crippen LogP contribution in [-0.2, 0) is 9.57 Å². The molecule has 0 unspecified atom stereocenters. The standard InChI is InChI=1S/C18H20FIN2O3/c1-3-24-8-9-25-22-18(23)15-6-4-13(19)11-17(15)21-16-7-5-14(20)10-12(16)2/h4-7,10-11,21H,3,8-9H2,1-2H3,(H,22,23). The molecule has 0 aliphatic heterocycles. The summed E-state index contributed by atoms with van der Waals surface area (Å²) in [7, 11) is 0. The quantitative estimate of drug-likeness (QED) is 0.354. The third kappa shape index (κ3) is 5.94. The zero-order valence-corrected chi connectivity index (χ0v) is 16.2. The van der Waals surface area contributed by atoms with E-state index in [1.165, 1.54) is 18.2 Å². The molecule has 7 heteroatoms. The first-order valence-electron chi connectivity index (χ1n) is 7.84. The molecule has 5 nitrogen and oxygen atoms in total. The lowest BCUT2D eigenvalue weighted by Crippen LogP contribution is -2.26. The highest BCUT2D eigenvalue weighted by atomic mass is 127. The largest absolute Gasteiger partial charge is 0.379 e. The molecule has 0 aliphatic carbocycles. The van der Waals surface area contributed by atoms with Crippen LogP contribution in [0.1, 0.15) is 22.8 Å². The van der Waals surface area contributed by atoms with Gasteiger partial charge >= 0.3 is 0 Å². The maximum Gasteiger partial charge on any atom is 0.276 e. The first-order valence-corrected chi connectivity index (χ1v) is 8.91. The van der Waals surface area contributed by atoms with Gasteiger partial charge in [-0.3, -0.25) is 9.63 Å². The number of halogens is 2. The molecule has 0 radical (unpaired) electrons. The van der Waals surface area contributed by atoms with Crippen LogP contribution in [0.25, 0.3) is 0 Å². The van der Waals surface area contributed by atoms with Crippen molar-refractivity contribution in [3.05, 3.63) is 56.9 Å². The van der Waals surface area contributed by atoms with Crippen LogP contribution in [0.4, 0.5) is 15.8 Å². The van der Waals surface area contributed by atoms with E-state index in [1.807, 2.05) is 32.0 Å². The number of anilines is 2. The van der Waals surface area contributed by atoms with Crippen molar-refractivity contribution in [3.8, 4) is 0 Å². The second-order valence-corrected chi connectivity index (χ2v) is 6.50. The number of ether oxygens (including phenoxy) is 1. The summed E-state index contributed by atoms with van der Waals surface area (Å²) in [6, 6.07) is 9.77. The summed E-state index contributed by atoms with van der Waals surface area (Å²) in [5, 5.41) is 3.12. The monoisotopic (exact) mass is 458 g/mol. The minimum Gasteiger partial charge on any atom is -0.379 e. The molecule has 2 aromatic rings. The predicted octanol–water partition coefficient (Wildman–Crippen LogP) is 4.18. The Morgan fingerprint density at radius 3 is 2.68 bits per heavy atom. The molecular weight excluding hydrogens is 438 g/mol. The minimum absolute atomic E-state index is 0.236. The number of amides is 1. The fourth-order valence-electron chi connectivity index (χ4n) is 2.15. The van der Waals surface area contributed by atoms with Crippen LogP contribution in [0.15, 0.2) is 36.4 Å². The number of carbonyl (C=O) groups is 1. The van der Waals surface area contributed by atoms with Gasteiger partial charge in [0.15, 0.2) is 0 Å². The smallest absolute Gasteiger partial charge is 0.276 e. The van der Waals surface area contributed by atoms with Gasteiger partial charge in [-0.15, -0.1) is 0 Å². The second kappa shape index (κ2) is 9.69. The van der Waals surface area contributed by atoms with Gasteiger partial charge in [0, 0.05) is 15.9 Å². The van der Waals surface area contributed by atoms with Crippen molar-refractivity contribution in [2.75, 3.05) is 25.1 Å². The van der Waals surface area contributed by atoms with E-state index < -0.39 is 11.7 Å². The van der Waals surface area contributed by atoms with E-state index >= 15 is 0 Å². The van der Waals surface area contributed by atoms with Crippen molar-refractivity contribution in [3.63, 3.8) is 0 Å². The van der Waals surface area contributed by atoms with Crippen LogP contribution in [0.3, 0.4) is 0 Å². The number of rotatable bonds is 8. The van der Waals surface area contributed by atoms with E-state index in [0.717, 1.165) is 14.8 Å². The van der Waals surface area contributed by atoms with Crippen molar-refractivity contribution in [1.82, 2.24) is 5.48 Å². The van der Waals surface area contributed by atoms with Gasteiger partial charge < -0.3 is 10.1 Å². The van der Waals surface area contributed by atoms with Gasteiger partial charge in [-0.1, -0.05) is 0 Å². The molecule has 1 amide bonds. The summed E-state index contributed by atoms with van der Waals surface area (Å²) in [6.45, 7) is 5.02. The van der Waals surface area contributed by atoms with Gasteiger partial charge in [0.25, 0.3) is 5.91 Å². The Kier molecular flexibility index (Phi) is 7.60. The third-order valence-corrected chi connectivity index (χ3v) is 4.05. The Bertz CT molecular complexity index is 740. The molecule has 25 heavy (non-hydrogen) atoms. The first kappa shape index (κ1) is 19.6. The SMILES string of the molecule is CCOCCONC(=O)c1ccc(F)cc1Nc1ccc(I)cc1C. The Hall–Kier alpha value is -1.71. The van der Waals surface area contributed by atoms with Gasteiger partial charge in [-0.05, 0) is 78.4 Å². The maximum absolute atomic E-state index is 13.6. The van der Waals surface area contributed by atoms with E-state index in [-0.39, 0.29) is 12.2 Å². The summed E-state index contributed by atoms with van der Waals surface area (Å²) >= 11 is 2.22. The van der Waals surface area contributed by atoms with Gasteiger partial charge in [0.1, 0.15) is 5.82 Å². The first-order chi connectivity index (χ1) is 12.0. The number of aryl methyl sites for hydroxylation is 1. The Balaban J connectivity index is 2.12. The lowest BCUT2D eigenvalue weighted by atomic mass is 10.1. The minimum atomic E-state index is -0.456. The molecule has 2 rings (SSSR count). The molecule has 0 saturated carbocycles. The van der Waals surface area contributed by atoms with Gasteiger partial charge in [0.2, 0.25) is 0 Å². The zero-order chi connectivity index (χ0) is 18.2. The number of hydroxylamine groups is 1. The zero-order valence-electron chi connectivity index (χ0n) is 14.1. The Morgan fingerprint density at radius 2 is 1.96 bits per heavy atom. The molecule has 2 N–H and O–H groups in total. The number of hydrogen-bond acceptors (Lipinski definition) is 4. The van der Waals surface area contributed by atoms with Crippen molar-refractivity contribution in [1.29, 1.82) is 0 Å². The molecule has 0 spiro atoms. The number of nitrogens with one attached hydrogen (secondary N) is 2. The molecule has 0 heterocycles. The predicted molar refractivity (Wildman–Crippen MR) is 103 cm³/mol. The lowest BCUT2D eigenvalue weighted by molar-refractivity contribution is 0.00170. The van der Waals surface area contributed by atoms with E-state index in [1.54, 1.807) is 0 Å². The summed E-state index contributed by atoms with van der Waals surface area (Å²) < 4.78 is 19.9. The van der Waals surface area contributed by atoms with Crippen molar-refractivity contribution in [2.24, 2.45) is 0 Å². The van der Waals surface area contributed by atoms with E-state index in [2.05, 4.69) is 33.4 Å². The second-order valence-electron chi connectivity index (χ2n) is 5.25. The normalized spacial score (nSPS) is 10.6. The van der Waals surface area contributed by atoms with Gasteiger partial charge in [-0.2, -0.15) is 0 Å². The molecule has 2 aromatic carbocycles. The number of carbonyl (C=O) groups excluding carboxylic acids is 1. The van der Waals surface area contributed by atoms with Crippen LogP contribution in [0.5, 0.6) is 0 Å². The molecule has 0 saturated heterocycles. The summed E-state index contributed by atoms with van der Waals surface area (Å²) in [5.74, 6) is -0.887. The van der Waals surface area contributed by atoms with Crippen LogP contribution < -0.4 is 10.8 Å². The molecule has 0 aliphatic rings. The fraction of sp³-hybridized carbons (Fsp3) is 0.278. The van der Waals surface area contributed by atoms with Crippen LogP contribution >= 0.6 is 22.6 Å². The number of benzene rings is 2. The molecule has 0 fully saturated rings. The van der Waals surface area contributed by atoms with Gasteiger partial charge in [-0.25, -0.2) is 9.87 Å². The molecule has 0 bridgehead atoms. The summed E-state index contributed by atoms with van der Waals surface area (Å²) in [5.41, 5.74) is 4.80. The summed E-state index contributed by atoms with van der Waals surface area (Å²) in [6.07, 6.45) is 0. The molecule has 134 valence electrons. The summed E-state index contributed by atoms with van der Waals surface area (Å²) in [4.78, 5) is 17.4. The van der Waals surface area contributed by atoms with Crippen molar-refractivity contribution in [2.45, 2.75) is 13.8 Å². The maximum atomic E-state index is 13.6. The fourth-order valence-corrected chi connectivity index (χ4v) is 2.79. The highest BCUT2D eigenvalue weighted by Crippen LogP contribution is 2.25. The Morgan fingerprint density at radius 1 is 1.16 bits per heavy atom. The molecule has 0 aromatic heterocycles. The van der Waals surface area contributed by atoms with Crippen LogP contribution in [-0.4, -0.2) is 25.7 Å². The van der Waals surface area contributed by atoms with Crippen LogP contribution in [0.2, 0.25) is 0 Å². The Labute approximate surface area is 160 Å². The molecule has 0 atom stereocenters. The average molecular weight is 458 g/mol. The third-order valence-electron chi connectivity index (χ3n) is 3.38. The highest BCUT2D eigenvalue weighted by Gasteiger charge is 2.13. The average Bonchev–Trinajstić information content (AvgIpc) is 2.57. The van der Waals surface area contributed by atoms with E-state index in [4.69, 9.17) is 9.57 Å². The van der Waals surface area contributed by atoms with Gasteiger partial charge in [0.05, 0.1) is 24.5 Å². The lowest BCUT2D eigenvalue weighted by Gasteiger charge is -2.14. The number of hydrogen-bond donors (Lipinski definition) is 2. The van der Waals surface area contributed by atoms with Crippen molar-refractivity contribution >= 4 is 39.9 Å². The van der Waals surface area contributed by atoms with E-state index in [0.29, 0.717) is 18.9 Å². The van der Waals surface area contributed by atoms with Crippen molar-refractivity contribution < 1.29 is 18.8 Å². The topological polar surface area (TPSA) is 59.6 Å². The molecular formula is C18H20FIN2O3. The van der Waals surface area contributed by atoms with Crippen LogP contribution in [0, 0.1) is 16.3 Å². The van der Waals surface area contributed by atoms with E-state index in [9.17, 15) is 9.18 Å². The highest BCUT2D eigenvalue weighted by molar-refractivity contribution is 14.1.